The Labute approximate surface area is 91.3 Å². The van der Waals surface area contributed by atoms with Crippen LogP contribution in [0.1, 0.15) is 5.56 Å². The zero-order chi connectivity index (χ0) is 11.3. The second kappa shape index (κ2) is 5.35. The van der Waals surface area contributed by atoms with Crippen molar-refractivity contribution in [2.45, 2.75) is 6.42 Å². The first-order valence-electron chi connectivity index (χ1n) is 4.30. The van der Waals surface area contributed by atoms with Crippen LogP contribution in [-0.2, 0) is 6.42 Å². The molecule has 15 heavy (non-hydrogen) atoms. The van der Waals surface area contributed by atoms with Gasteiger partial charge in [-0.1, -0.05) is 23.9 Å². The minimum atomic E-state index is -0.423. The summed E-state index contributed by atoms with van der Waals surface area (Å²) in [6.45, 7) is 0. The van der Waals surface area contributed by atoms with Gasteiger partial charge in [0, 0.05) is 17.9 Å². The molecule has 0 unspecified atom stereocenters. The molecule has 6 heteroatoms. The number of nitrogens with two attached hydrogens (primary N) is 1. The Morgan fingerprint density at radius 3 is 2.53 bits per heavy atom. The third kappa shape index (κ3) is 3.99. The highest BCUT2D eigenvalue weighted by Crippen LogP contribution is 2.13. The number of nitro groups is 1. The number of rotatable bonds is 4. The van der Waals surface area contributed by atoms with E-state index in [0.717, 1.165) is 12.0 Å². The minimum Gasteiger partial charge on any atom is -0.379 e. The van der Waals surface area contributed by atoms with Crippen molar-refractivity contribution in [3.63, 3.8) is 0 Å². The fourth-order valence-electron chi connectivity index (χ4n) is 1.06. The lowest BCUT2D eigenvalue weighted by Crippen LogP contribution is -2.05. The van der Waals surface area contributed by atoms with Crippen LogP contribution in [0.15, 0.2) is 24.3 Å². The fraction of sp³-hybridized carbons (Fsp3) is 0.222. The lowest BCUT2D eigenvalue weighted by molar-refractivity contribution is -0.384. The highest BCUT2D eigenvalue weighted by Gasteiger charge is 2.03. The zero-order valence-corrected chi connectivity index (χ0v) is 8.79. The smallest absolute Gasteiger partial charge is 0.269 e. The summed E-state index contributed by atoms with van der Waals surface area (Å²) in [7, 11) is 0. The van der Waals surface area contributed by atoms with E-state index >= 15 is 0 Å². The van der Waals surface area contributed by atoms with Crippen molar-refractivity contribution in [3.8, 4) is 0 Å². The molecule has 0 amide bonds. The van der Waals surface area contributed by atoms with Gasteiger partial charge >= 0.3 is 0 Å². The lowest BCUT2D eigenvalue weighted by Gasteiger charge is -1.99. The number of nitrogens with zero attached hydrogens (tertiary/aromatic N) is 1. The SMILES string of the molecule is N=C(N)SCCc1ccc([N+](=O)[O-])cc1. The number of benzene rings is 1. The minimum absolute atomic E-state index is 0.0944. The van der Waals surface area contributed by atoms with E-state index in [4.69, 9.17) is 11.1 Å². The summed E-state index contributed by atoms with van der Waals surface area (Å²) >= 11 is 1.26. The van der Waals surface area contributed by atoms with E-state index < -0.39 is 4.92 Å². The van der Waals surface area contributed by atoms with Gasteiger partial charge in [-0.2, -0.15) is 0 Å². The molecule has 0 aliphatic rings. The molecule has 1 aromatic carbocycles. The Kier molecular flexibility index (Phi) is 4.11. The van der Waals surface area contributed by atoms with Crippen molar-refractivity contribution in [2.24, 2.45) is 5.73 Å². The predicted molar refractivity (Wildman–Crippen MR) is 61.2 cm³/mol. The van der Waals surface area contributed by atoms with Crippen LogP contribution in [0.25, 0.3) is 0 Å². The highest BCUT2D eigenvalue weighted by molar-refractivity contribution is 8.13. The first-order chi connectivity index (χ1) is 7.09. The summed E-state index contributed by atoms with van der Waals surface area (Å²) < 4.78 is 0. The molecule has 0 atom stereocenters. The van der Waals surface area contributed by atoms with E-state index in [9.17, 15) is 10.1 Å². The predicted octanol–water partition coefficient (Wildman–Crippen LogP) is 1.76. The standard InChI is InChI=1S/C9H11N3O2S/c10-9(11)15-6-5-7-1-3-8(4-2-7)12(13)14/h1-4H,5-6H2,(H3,10,11). The normalized spacial score (nSPS) is 9.87. The fourth-order valence-corrected chi connectivity index (χ4v) is 1.62. The molecular formula is C9H11N3O2S. The Morgan fingerprint density at radius 2 is 2.07 bits per heavy atom. The molecule has 5 nitrogen and oxygen atoms in total. The van der Waals surface area contributed by atoms with Crippen molar-refractivity contribution >= 4 is 22.6 Å². The maximum atomic E-state index is 10.4. The van der Waals surface area contributed by atoms with Crippen LogP contribution < -0.4 is 5.73 Å². The first-order valence-corrected chi connectivity index (χ1v) is 5.28. The first kappa shape index (κ1) is 11.5. The van der Waals surface area contributed by atoms with Crippen molar-refractivity contribution in [1.82, 2.24) is 0 Å². The van der Waals surface area contributed by atoms with Crippen LogP contribution >= 0.6 is 11.8 Å². The summed E-state index contributed by atoms with van der Waals surface area (Å²) in [4.78, 5) is 9.95. The van der Waals surface area contributed by atoms with Gasteiger partial charge in [0.15, 0.2) is 5.17 Å². The summed E-state index contributed by atoms with van der Waals surface area (Å²) in [6, 6.07) is 6.40. The van der Waals surface area contributed by atoms with Crippen LogP contribution in [-0.4, -0.2) is 15.8 Å². The molecule has 0 saturated heterocycles. The molecule has 3 N–H and O–H groups in total. The van der Waals surface area contributed by atoms with Crippen molar-refractivity contribution < 1.29 is 4.92 Å². The molecule has 0 heterocycles. The van der Waals surface area contributed by atoms with Crippen LogP contribution in [0.5, 0.6) is 0 Å². The Morgan fingerprint density at radius 1 is 1.47 bits per heavy atom. The summed E-state index contributed by atoms with van der Waals surface area (Å²) in [5, 5.41) is 17.5. The van der Waals surface area contributed by atoms with E-state index in [1.54, 1.807) is 12.1 Å². The molecular weight excluding hydrogens is 214 g/mol. The number of hydrogen-bond donors (Lipinski definition) is 2. The summed E-state index contributed by atoms with van der Waals surface area (Å²) in [6.07, 6.45) is 0.752. The molecule has 0 bridgehead atoms. The van der Waals surface area contributed by atoms with Gasteiger partial charge in [0.2, 0.25) is 0 Å². The molecule has 0 radical (unpaired) electrons. The molecule has 0 aromatic heterocycles. The number of thioether (sulfide) groups is 1. The third-order valence-electron chi connectivity index (χ3n) is 1.80. The Hall–Kier alpha value is -1.56. The van der Waals surface area contributed by atoms with E-state index in [2.05, 4.69) is 0 Å². The summed E-state index contributed by atoms with van der Waals surface area (Å²) in [5.74, 6) is 0.715. The van der Waals surface area contributed by atoms with Gasteiger partial charge in [-0.3, -0.25) is 15.5 Å². The topological polar surface area (TPSA) is 93.0 Å². The number of amidine groups is 1. The number of nitro benzene ring substituents is 1. The van der Waals surface area contributed by atoms with E-state index in [1.807, 2.05) is 0 Å². The molecule has 0 spiro atoms. The Balaban J connectivity index is 2.50. The van der Waals surface area contributed by atoms with Gasteiger partial charge in [-0.15, -0.1) is 0 Å². The van der Waals surface area contributed by atoms with Gasteiger partial charge in [0.05, 0.1) is 4.92 Å². The average Bonchev–Trinajstić information content (AvgIpc) is 2.18. The van der Waals surface area contributed by atoms with Gasteiger partial charge in [-0.25, -0.2) is 0 Å². The largest absolute Gasteiger partial charge is 0.379 e. The van der Waals surface area contributed by atoms with E-state index in [1.165, 1.54) is 23.9 Å². The van der Waals surface area contributed by atoms with Crippen LogP contribution in [0.2, 0.25) is 0 Å². The van der Waals surface area contributed by atoms with Crippen molar-refractivity contribution in [2.75, 3.05) is 5.75 Å². The van der Waals surface area contributed by atoms with Gasteiger partial charge < -0.3 is 5.73 Å². The second-order valence-electron chi connectivity index (χ2n) is 2.89. The van der Waals surface area contributed by atoms with Crippen molar-refractivity contribution in [1.29, 1.82) is 5.41 Å². The molecule has 0 aliphatic heterocycles. The van der Waals surface area contributed by atoms with Gasteiger partial charge in [0.25, 0.3) is 5.69 Å². The summed E-state index contributed by atoms with van der Waals surface area (Å²) in [5.41, 5.74) is 6.28. The van der Waals surface area contributed by atoms with Crippen molar-refractivity contribution in [3.05, 3.63) is 39.9 Å². The number of hydrogen-bond acceptors (Lipinski definition) is 4. The number of nitrogens with one attached hydrogen (secondary N) is 1. The molecule has 1 rings (SSSR count). The van der Waals surface area contributed by atoms with E-state index in [-0.39, 0.29) is 10.9 Å². The number of non-ortho nitro benzene ring substituents is 1. The quantitative estimate of drug-likeness (QED) is 0.353. The highest BCUT2D eigenvalue weighted by atomic mass is 32.2. The zero-order valence-electron chi connectivity index (χ0n) is 7.97. The molecule has 0 saturated carbocycles. The third-order valence-corrected chi connectivity index (χ3v) is 2.51. The molecule has 0 fully saturated rings. The lowest BCUT2D eigenvalue weighted by atomic mass is 10.1. The van der Waals surface area contributed by atoms with Crippen LogP contribution in [0.3, 0.4) is 0 Å². The number of aryl methyl sites for hydroxylation is 1. The Bertz CT molecular complexity index is 364. The molecule has 0 aliphatic carbocycles. The van der Waals surface area contributed by atoms with Gasteiger partial charge in [0.1, 0.15) is 0 Å². The molecule has 1 aromatic rings. The second-order valence-corrected chi connectivity index (χ2v) is 4.02. The average molecular weight is 225 g/mol. The maximum Gasteiger partial charge on any atom is 0.269 e. The monoisotopic (exact) mass is 225 g/mol. The maximum absolute atomic E-state index is 10.4. The van der Waals surface area contributed by atoms with Crippen LogP contribution in [0.4, 0.5) is 5.69 Å². The van der Waals surface area contributed by atoms with Crippen LogP contribution in [0, 0.1) is 15.5 Å². The van der Waals surface area contributed by atoms with E-state index in [0.29, 0.717) is 5.75 Å². The van der Waals surface area contributed by atoms with Gasteiger partial charge in [-0.05, 0) is 12.0 Å². The molecule has 80 valence electrons.